The van der Waals surface area contributed by atoms with Crippen molar-refractivity contribution in [2.45, 2.75) is 13.8 Å². The molecule has 5 heteroatoms. The van der Waals surface area contributed by atoms with E-state index in [-0.39, 0.29) is 0 Å². The Morgan fingerprint density at radius 3 is 2.85 bits per heavy atom. The lowest BCUT2D eigenvalue weighted by atomic mass is 10.2. The molecule has 1 aromatic heterocycles. The lowest BCUT2D eigenvalue weighted by Gasteiger charge is -2.06. The molecule has 0 aliphatic heterocycles. The van der Waals surface area contributed by atoms with Gasteiger partial charge in [-0.15, -0.1) is 0 Å². The van der Waals surface area contributed by atoms with E-state index < -0.39 is 12.0 Å². The SMILES string of the molecule is CC(C)CNC(=O)n1ccnc1[O]. The second kappa shape index (κ2) is 3.93. The number of nitrogens with one attached hydrogen (secondary N) is 1. The molecular weight excluding hydrogens is 170 g/mol. The van der Waals surface area contributed by atoms with Crippen molar-refractivity contribution < 1.29 is 9.90 Å². The molecule has 1 amide bonds. The first kappa shape index (κ1) is 9.57. The molecule has 0 aromatic carbocycles. The van der Waals surface area contributed by atoms with Gasteiger partial charge in [0.15, 0.2) is 0 Å². The van der Waals surface area contributed by atoms with E-state index in [9.17, 15) is 9.90 Å². The highest BCUT2D eigenvalue weighted by molar-refractivity contribution is 5.77. The number of nitrogens with zero attached hydrogens (tertiary/aromatic N) is 2. The number of amides is 1. The van der Waals surface area contributed by atoms with Crippen LogP contribution >= 0.6 is 0 Å². The summed E-state index contributed by atoms with van der Waals surface area (Å²) >= 11 is 0. The van der Waals surface area contributed by atoms with Crippen LogP contribution in [0.2, 0.25) is 0 Å². The minimum absolute atomic E-state index is 0.363. The Balaban J connectivity index is 2.54. The van der Waals surface area contributed by atoms with Gasteiger partial charge < -0.3 is 5.32 Å². The third kappa shape index (κ3) is 2.47. The van der Waals surface area contributed by atoms with Crippen LogP contribution in [0.1, 0.15) is 13.8 Å². The summed E-state index contributed by atoms with van der Waals surface area (Å²) in [4.78, 5) is 14.7. The fraction of sp³-hybridized carbons (Fsp3) is 0.500. The average Bonchev–Trinajstić information content (AvgIpc) is 2.47. The number of carbonyl (C=O) groups excluding carboxylic acids is 1. The molecule has 0 saturated carbocycles. The first-order chi connectivity index (χ1) is 6.11. The van der Waals surface area contributed by atoms with Crippen molar-refractivity contribution in [3.05, 3.63) is 12.4 Å². The molecule has 1 radical (unpaired) electrons. The van der Waals surface area contributed by atoms with Crippen LogP contribution in [0.3, 0.4) is 0 Å². The zero-order valence-corrected chi connectivity index (χ0v) is 7.65. The van der Waals surface area contributed by atoms with Gasteiger partial charge in [0.2, 0.25) is 0 Å². The van der Waals surface area contributed by atoms with Gasteiger partial charge in [-0.3, -0.25) is 0 Å². The van der Waals surface area contributed by atoms with E-state index >= 15 is 0 Å². The van der Waals surface area contributed by atoms with Gasteiger partial charge >= 0.3 is 12.0 Å². The molecule has 0 fully saturated rings. The van der Waals surface area contributed by atoms with E-state index in [0.29, 0.717) is 12.5 Å². The lowest BCUT2D eigenvalue weighted by molar-refractivity contribution is 0.232. The summed E-state index contributed by atoms with van der Waals surface area (Å²) in [6.45, 7) is 4.51. The van der Waals surface area contributed by atoms with Gasteiger partial charge in [-0.1, -0.05) is 13.8 Å². The van der Waals surface area contributed by atoms with E-state index in [1.54, 1.807) is 0 Å². The zero-order valence-electron chi connectivity index (χ0n) is 7.65. The van der Waals surface area contributed by atoms with E-state index in [1.807, 2.05) is 13.8 Å². The smallest absolute Gasteiger partial charge is 0.337 e. The van der Waals surface area contributed by atoms with Crippen molar-refractivity contribution in [2.75, 3.05) is 6.54 Å². The first-order valence-corrected chi connectivity index (χ1v) is 4.10. The minimum Gasteiger partial charge on any atom is -0.337 e. The summed E-state index contributed by atoms with van der Waals surface area (Å²) in [6, 6.07) is -0.961. The first-order valence-electron chi connectivity index (χ1n) is 4.10. The Morgan fingerprint density at radius 2 is 2.38 bits per heavy atom. The predicted molar refractivity (Wildman–Crippen MR) is 46.0 cm³/mol. The number of aromatic nitrogens is 2. The number of hydrogen-bond donors (Lipinski definition) is 1. The molecule has 1 aromatic rings. The van der Waals surface area contributed by atoms with Crippen LogP contribution in [-0.2, 0) is 5.11 Å². The van der Waals surface area contributed by atoms with Gasteiger partial charge in [-0.2, -0.15) is 4.98 Å². The Hall–Kier alpha value is -1.52. The second-order valence-corrected chi connectivity index (χ2v) is 3.16. The Bertz CT molecular complexity index is 293. The maximum atomic E-state index is 11.2. The van der Waals surface area contributed by atoms with Crippen molar-refractivity contribution >= 4 is 6.03 Å². The zero-order chi connectivity index (χ0) is 9.84. The number of carbonyl (C=O) groups is 1. The van der Waals surface area contributed by atoms with Crippen molar-refractivity contribution in [2.24, 2.45) is 5.92 Å². The molecule has 0 saturated heterocycles. The summed E-state index contributed by atoms with van der Waals surface area (Å²) < 4.78 is 0.947. The maximum Gasteiger partial charge on any atom is 0.355 e. The summed E-state index contributed by atoms with van der Waals surface area (Å²) in [6.07, 6.45) is 2.65. The molecule has 0 aliphatic rings. The van der Waals surface area contributed by atoms with Crippen molar-refractivity contribution in [1.29, 1.82) is 0 Å². The third-order valence-corrected chi connectivity index (χ3v) is 1.49. The summed E-state index contributed by atoms with van der Waals surface area (Å²) in [7, 11) is 0. The average molecular weight is 182 g/mol. The Morgan fingerprint density at radius 1 is 1.69 bits per heavy atom. The molecule has 0 bridgehead atoms. The van der Waals surface area contributed by atoms with Gasteiger partial charge in [0, 0.05) is 18.9 Å². The molecule has 0 atom stereocenters. The lowest BCUT2D eigenvalue weighted by Crippen LogP contribution is -2.30. The van der Waals surface area contributed by atoms with Crippen LogP contribution in [0.4, 0.5) is 4.79 Å². The Kier molecular flexibility index (Phi) is 2.89. The number of rotatable bonds is 2. The van der Waals surface area contributed by atoms with Gasteiger partial charge in [0.05, 0.1) is 0 Å². The molecule has 0 aliphatic carbocycles. The predicted octanol–water partition coefficient (Wildman–Crippen LogP) is 1.24. The van der Waals surface area contributed by atoms with E-state index in [1.165, 1.54) is 12.4 Å². The van der Waals surface area contributed by atoms with E-state index in [2.05, 4.69) is 10.3 Å². The molecule has 71 valence electrons. The molecule has 1 N–H and O–H groups in total. The van der Waals surface area contributed by atoms with Gasteiger partial charge in [-0.05, 0) is 5.92 Å². The monoisotopic (exact) mass is 182 g/mol. The summed E-state index contributed by atoms with van der Waals surface area (Å²) in [5.74, 6) is 0.363. The van der Waals surface area contributed by atoms with Gasteiger partial charge in [0.25, 0.3) is 0 Å². The van der Waals surface area contributed by atoms with Crippen molar-refractivity contribution in [3.63, 3.8) is 0 Å². The highest BCUT2D eigenvalue weighted by Gasteiger charge is 2.09. The van der Waals surface area contributed by atoms with Gasteiger partial charge in [-0.25, -0.2) is 14.5 Å². The normalized spacial score (nSPS) is 10.4. The summed E-state index contributed by atoms with van der Waals surface area (Å²) in [5.41, 5.74) is 0. The molecule has 1 rings (SSSR count). The molecule has 5 nitrogen and oxygen atoms in total. The molecule has 13 heavy (non-hydrogen) atoms. The van der Waals surface area contributed by atoms with Crippen LogP contribution in [0.15, 0.2) is 12.4 Å². The summed E-state index contributed by atoms with van der Waals surface area (Å²) in [5, 5.41) is 13.5. The highest BCUT2D eigenvalue weighted by Crippen LogP contribution is 2.03. The largest absolute Gasteiger partial charge is 0.355 e. The second-order valence-electron chi connectivity index (χ2n) is 3.16. The van der Waals surface area contributed by atoms with Crippen molar-refractivity contribution in [3.8, 4) is 6.01 Å². The quantitative estimate of drug-likeness (QED) is 0.747. The fourth-order valence-electron chi connectivity index (χ4n) is 0.821. The Labute approximate surface area is 76.4 Å². The van der Waals surface area contributed by atoms with Crippen molar-refractivity contribution in [1.82, 2.24) is 14.9 Å². The minimum atomic E-state index is -0.541. The van der Waals surface area contributed by atoms with Gasteiger partial charge in [0.1, 0.15) is 0 Å². The third-order valence-electron chi connectivity index (χ3n) is 1.49. The standard InChI is InChI=1S/C8H12N3O2/c1-6(2)5-10-8(13)11-4-3-9-7(11)12/h3-4,6H,5H2,1-2H3,(H,10,13). The van der Waals surface area contributed by atoms with E-state index in [4.69, 9.17) is 0 Å². The van der Waals surface area contributed by atoms with Crippen LogP contribution < -0.4 is 5.32 Å². The van der Waals surface area contributed by atoms with Crippen LogP contribution in [0, 0.1) is 5.92 Å². The molecular formula is C8H12N3O2. The topological polar surface area (TPSA) is 66.8 Å². The molecule has 0 unspecified atom stereocenters. The van der Waals surface area contributed by atoms with E-state index in [0.717, 1.165) is 4.57 Å². The number of imidazole rings is 1. The highest BCUT2D eigenvalue weighted by atomic mass is 16.3. The maximum absolute atomic E-state index is 11.2. The van der Waals surface area contributed by atoms with Crippen LogP contribution in [0.25, 0.3) is 0 Å². The van der Waals surface area contributed by atoms with Crippen LogP contribution in [-0.4, -0.2) is 22.1 Å². The van der Waals surface area contributed by atoms with Crippen LogP contribution in [0.5, 0.6) is 6.01 Å². The number of hydrogen-bond acceptors (Lipinski definition) is 2. The molecule has 0 spiro atoms. The fourth-order valence-corrected chi connectivity index (χ4v) is 0.821. The molecule has 1 heterocycles.